The van der Waals surface area contributed by atoms with E-state index in [1.165, 1.54) is 0 Å². The Labute approximate surface area is 99.0 Å². The maximum absolute atomic E-state index is 10.1. The lowest BCUT2D eigenvalue weighted by Gasteiger charge is -2.44. The van der Waals surface area contributed by atoms with Crippen molar-refractivity contribution in [3.8, 4) is 0 Å². The highest BCUT2D eigenvalue weighted by atomic mass is 16.5. The molecule has 1 fully saturated rings. The van der Waals surface area contributed by atoms with Gasteiger partial charge in [-0.1, -0.05) is 18.2 Å². The van der Waals surface area contributed by atoms with E-state index in [1.54, 1.807) is 6.26 Å². The number of fused-ring (bicyclic) bond motifs is 1. The van der Waals surface area contributed by atoms with Gasteiger partial charge in [-0.3, -0.25) is 0 Å². The fourth-order valence-electron chi connectivity index (χ4n) is 2.44. The predicted molar refractivity (Wildman–Crippen MR) is 63.8 cm³/mol. The van der Waals surface area contributed by atoms with Gasteiger partial charge in [0.05, 0.1) is 31.0 Å². The van der Waals surface area contributed by atoms with Crippen LogP contribution in [-0.4, -0.2) is 31.0 Å². The van der Waals surface area contributed by atoms with Gasteiger partial charge >= 0.3 is 0 Å². The molecule has 1 atom stereocenters. The number of nitrogens with two attached hydrogens (primary N) is 1. The fourth-order valence-corrected chi connectivity index (χ4v) is 2.44. The van der Waals surface area contributed by atoms with Crippen LogP contribution in [0.3, 0.4) is 0 Å². The molecule has 0 amide bonds. The molecule has 0 aliphatic carbocycles. The molecule has 1 unspecified atom stereocenters. The summed E-state index contributed by atoms with van der Waals surface area (Å²) >= 11 is 0. The molecule has 0 saturated carbocycles. The van der Waals surface area contributed by atoms with Gasteiger partial charge in [0.2, 0.25) is 0 Å². The molecule has 4 nitrogen and oxygen atoms in total. The minimum absolute atomic E-state index is 0.225. The van der Waals surface area contributed by atoms with Crippen molar-refractivity contribution in [3.63, 3.8) is 0 Å². The quantitative estimate of drug-likeness (QED) is 0.830. The van der Waals surface area contributed by atoms with Crippen LogP contribution in [-0.2, 0) is 10.2 Å². The summed E-state index contributed by atoms with van der Waals surface area (Å²) in [7, 11) is 0. The number of hydrogen-bond acceptors (Lipinski definition) is 4. The van der Waals surface area contributed by atoms with Gasteiger partial charge in [0.1, 0.15) is 5.58 Å². The summed E-state index contributed by atoms with van der Waals surface area (Å²) in [6.45, 7) is 1.21. The molecule has 1 saturated heterocycles. The highest BCUT2D eigenvalue weighted by Crippen LogP contribution is 2.40. The zero-order valence-electron chi connectivity index (χ0n) is 9.43. The van der Waals surface area contributed by atoms with Gasteiger partial charge in [-0.25, -0.2) is 0 Å². The summed E-state index contributed by atoms with van der Waals surface area (Å²) in [6, 6.07) is 7.81. The summed E-state index contributed by atoms with van der Waals surface area (Å²) in [5.74, 6) is 0. The summed E-state index contributed by atoms with van der Waals surface area (Å²) in [5, 5.41) is 11.1. The van der Waals surface area contributed by atoms with Crippen molar-refractivity contribution in [2.24, 2.45) is 5.73 Å². The summed E-state index contributed by atoms with van der Waals surface area (Å²) in [5.41, 5.74) is 7.01. The van der Waals surface area contributed by atoms with Crippen LogP contribution in [0.2, 0.25) is 0 Å². The largest absolute Gasteiger partial charge is 0.464 e. The van der Waals surface area contributed by atoms with Gasteiger partial charge in [0.15, 0.2) is 0 Å². The standard InChI is InChI=1S/C13H15NO3/c14-5-12(15)13(7-16-8-13)10-6-17-11-4-2-1-3-9(10)11/h1-4,6,12,15H,5,7-8,14H2. The number of benzene rings is 1. The minimum atomic E-state index is -0.600. The monoisotopic (exact) mass is 233 g/mol. The van der Waals surface area contributed by atoms with Gasteiger partial charge in [-0.2, -0.15) is 0 Å². The third-order valence-corrected chi connectivity index (χ3v) is 3.60. The lowest BCUT2D eigenvalue weighted by Crippen LogP contribution is -2.57. The van der Waals surface area contributed by atoms with Gasteiger partial charge < -0.3 is 20.0 Å². The zero-order valence-corrected chi connectivity index (χ0v) is 9.43. The molecule has 4 heteroatoms. The van der Waals surface area contributed by atoms with E-state index in [9.17, 15) is 5.11 Å². The number of hydrogen-bond donors (Lipinski definition) is 2. The zero-order chi connectivity index (χ0) is 11.9. The maximum Gasteiger partial charge on any atom is 0.134 e. The molecule has 3 rings (SSSR count). The van der Waals surface area contributed by atoms with Crippen LogP contribution in [0.25, 0.3) is 11.0 Å². The first-order valence-electron chi connectivity index (χ1n) is 5.70. The van der Waals surface area contributed by atoms with Gasteiger partial charge in [0, 0.05) is 17.5 Å². The van der Waals surface area contributed by atoms with Crippen molar-refractivity contribution in [2.75, 3.05) is 19.8 Å². The maximum atomic E-state index is 10.1. The van der Waals surface area contributed by atoms with Crippen molar-refractivity contribution < 1.29 is 14.3 Å². The number of furan rings is 1. The summed E-state index contributed by atoms with van der Waals surface area (Å²) in [4.78, 5) is 0. The minimum Gasteiger partial charge on any atom is -0.464 e. The van der Waals surface area contributed by atoms with Crippen molar-refractivity contribution >= 4 is 11.0 Å². The molecule has 1 aliphatic rings. The first-order chi connectivity index (χ1) is 8.28. The van der Waals surface area contributed by atoms with E-state index in [4.69, 9.17) is 14.9 Å². The number of aliphatic hydroxyl groups excluding tert-OH is 1. The van der Waals surface area contributed by atoms with Crippen molar-refractivity contribution in [1.29, 1.82) is 0 Å². The average Bonchev–Trinajstić information content (AvgIpc) is 2.72. The Bertz CT molecular complexity index is 530. The van der Waals surface area contributed by atoms with Crippen LogP contribution < -0.4 is 5.73 Å². The molecule has 1 aromatic heterocycles. The molecular weight excluding hydrogens is 218 g/mol. The van der Waals surface area contributed by atoms with Crippen LogP contribution in [0.15, 0.2) is 34.9 Å². The molecule has 0 radical (unpaired) electrons. The molecule has 0 spiro atoms. The first-order valence-corrected chi connectivity index (χ1v) is 5.70. The Morgan fingerprint density at radius 3 is 2.76 bits per heavy atom. The lowest BCUT2D eigenvalue weighted by atomic mass is 9.74. The van der Waals surface area contributed by atoms with Crippen LogP contribution in [0.1, 0.15) is 5.56 Å². The van der Waals surface area contributed by atoms with Gasteiger partial charge in [-0.15, -0.1) is 0 Å². The van der Waals surface area contributed by atoms with E-state index >= 15 is 0 Å². The van der Waals surface area contributed by atoms with E-state index in [2.05, 4.69) is 0 Å². The third kappa shape index (κ3) is 1.42. The average molecular weight is 233 g/mol. The van der Waals surface area contributed by atoms with Crippen LogP contribution in [0.4, 0.5) is 0 Å². The Balaban J connectivity index is 2.13. The van der Waals surface area contributed by atoms with E-state index in [1.807, 2.05) is 24.3 Å². The molecule has 0 bridgehead atoms. The summed E-state index contributed by atoms with van der Waals surface area (Å²) < 4.78 is 10.8. The first kappa shape index (κ1) is 10.8. The van der Waals surface area contributed by atoms with Crippen molar-refractivity contribution in [2.45, 2.75) is 11.5 Å². The van der Waals surface area contributed by atoms with Gasteiger partial charge in [0.25, 0.3) is 0 Å². The van der Waals surface area contributed by atoms with Crippen molar-refractivity contribution in [1.82, 2.24) is 0 Å². The fraction of sp³-hybridized carbons (Fsp3) is 0.385. The normalized spacial score (nSPS) is 20.1. The van der Waals surface area contributed by atoms with E-state index in [0.29, 0.717) is 13.2 Å². The van der Waals surface area contributed by atoms with E-state index in [0.717, 1.165) is 16.5 Å². The number of rotatable bonds is 3. The van der Waals surface area contributed by atoms with Gasteiger partial charge in [-0.05, 0) is 6.07 Å². The number of aliphatic hydroxyl groups is 1. The number of para-hydroxylation sites is 1. The smallest absolute Gasteiger partial charge is 0.134 e. The second-order valence-electron chi connectivity index (χ2n) is 4.55. The van der Waals surface area contributed by atoms with E-state index in [-0.39, 0.29) is 6.54 Å². The third-order valence-electron chi connectivity index (χ3n) is 3.60. The van der Waals surface area contributed by atoms with Crippen LogP contribution >= 0.6 is 0 Å². The Morgan fingerprint density at radius 1 is 1.35 bits per heavy atom. The van der Waals surface area contributed by atoms with Crippen LogP contribution in [0, 0.1) is 0 Å². The second-order valence-corrected chi connectivity index (χ2v) is 4.55. The SMILES string of the molecule is NCC(O)C1(c2coc3ccccc23)COC1. The van der Waals surface area contributed by atoms with E-state index < -0.39 is 11.5 Å². The molecule has 2 heterocycles. The molecule has 3 N–H and O–H groups in total. The Hall–Kier alpha value is -1.36. The second kappa shape index (κ2) is 3.84. The van der Waals surface area contributed by atoms with Crippen LogP contribution in [0.5, 0.6) is 0 Å². The van der Waals surface area contributed by atoms with Crippen molar-refractivity contribution in [3.05, 3.63) is 36.1 Å². The molecule has 90 valence electrons. The molecule has 2 aromatic rings. The molecule has 17 heavy (non-hydrogen) atoms. The molecule has 1 aromatic carbocycles. The molecule has 1 aliphatic heterocycles. The topological polar surface area (TPSA) is 68.6 Å². The molecular formula is C13H15NO3. The highest BCUT2D eigenvalue weighted by Gasteiger charge is 2.47. The Morgan fingerprint density at radius 2 is 2.12 bits per heavy atom. The predicted octanol–water partition coefficient (Wildman–Crippen LogP) is 1.02. The lowest BCUT2D eigenvalue weighted by molar-refractivity contribution is -0.116. The number of ether oxygens (including phenoxy) is 1. The highest BCUT2D eigenvalue weighted by molar-refractivity contribution is 5.82. The Kier molecular flexibility index (Phi) is 2.43. The summed E-state index contributed by atoms with van der Waals surface area (Å²) in [6.07, 6.45) is 1.11.